The molecule has 0 spiro atoms. The number of nitrogens with one attached hydrogen (secondary N) is 2. The van der Waals surface area contributed by atoms with Crippen LogP contribution in [0.4, 0.5) is 15.8 Å². The summed E-state index contributed by atoms with van der Waals surface area (Å²) in [6.45, 7) is 1.62. The van der Waals surface area contributed by atoms with Gasteiger partial charge in [0.25, 0.3) is 5.91 Å². The lowest BCUT2D eigenvalue weighted by Crippen LogP contribution is -2.32. The highest BCUT2D eigenvalue weighted by molar-refractivity contribution is 9.10. The van der Waals surface area contributed by atoms with Crippen molar-refractivity contribution < 1.29 is 23.5 Å². The molecule has 2 aliphatic heterocycles. The molecular weight excluding hydrogens is 633 g/mol. The number of benzene rings is 3. The maximum Gasteiger partial charge on any atom is 0.305 e. The van der Waals surface area contributed by atoms with Gasteiger partial charge in [-0.15, -0.1) is 0 Å². The number of imide groups is 1. The first-order valence-electron chi connectivity index (χ1n) is 12.5. The number of carbonyl (C=O) groups is 3. The van der Waals surface area contributed by atoms with Gasteiger partial charge >= 0.3 is 4.87 Å². The van der Waals surface area contributed by atoms with Gasteiger partial charge in [-0.2, -0.15) is 0 Å². The van der Waals surface area contributed by atoms with Crippen LogP contribution in [0.1, 0.15) is 21.9 Å². The number of aryl methyl sites for hydroxylation is 1. The third-order valence-electron chi connectivity index (χ3n) is 6.88. The molecule has 2 aliphatic rings. The average molecular weight is 655 g/mol. The van der Waals surface area contributed by atoms with E-state index in [1.54, 1.807) is 24.3 Å². The summed E-state index contributed by atoms with van der Waals surface area (Å²) in [5.41, 5.74) is 2.46. The molecule has 208 valence electrons. The number of H-pyrrole nitrogens is 1. The molecule has 3 atom stereocenters. The second kappa shape index (κ2) is 10.9. The number of amides is 3. The van der Waals surface area contributed by atoms with E-state index in [0.717, 1.165) is 33.6 Å². The molecule has 0 radical (unpaired) electrons. The fraction of sp³-hybridized carbons (Fsp3) is 0.172. The number of ether oxygens (including phenoxy) is 1. The molecule has 1 aromatic heterocycles. The number of nitrogens with zero attached hydrogens (tertiary/aromatic N) is 1. The first kappa shape index (κ1) is 27.4. The maximum atomic E-state index is 13.9. The number of aromatic nitrogens is 1. The molecule has 3 unspecified atom stereocenters. The second-order valence-electron chi connectivity index (χ2n) is 9.63. The molecule has 8 nitrogen and oxygen atoms in total. The predicted octanol–water partition coefficient (Wildman–Crippen LogP) is 5.46. The summed E-state index contributed by atoms with van der Waals surface area (Å²) in [4.78, 5) is 56.9. The number of hydrogen-bond acceptors (Lipinski definition) is 7. The zero-order valence-corrected chi connectivity index (χ0v) is 24.6. The lowest BCUT2D eigenvalue weighted by atomic mass is 9.82. The summed E-state index contributed by atoms with van der Waals surface area (Å²) in [7, 11) is 0. The Bertz CT molecular complexity index is 1760. The van der Waals surface area contributed by atoms with Gasteiger partial charge in [0.15, 0.2) is 6.61 Å². The summed E-state index contributed by atoms with van der Waals surface area (Å²) in [6, 6.07) is 17.8. The zero-order chi connectivity index (χ0) is 28.8. The van der Waals surface area contributed by atoms with Gasteiger partial charge in [0.05, 0.1) is 16.6 Å². The number of thioether (sulfide) groups is 1. The fourth-order valence-electron chi connectivity index (χ4n) is 5.15. The fourth-order valence-corrected chi connectivity index (χ4v) is 8.04. The number of aromatic amines is 1. The van der Waals surface area contributed by atoms with Crippen LogP contribution in [0, 0.1) is 18.7 Å². The minimum absolute atomic E-state index is 0.269. The standard InChI is InChI=1S/C29H21BrFN3O5S2/c1-14-3-2-4-17(11-14)32-21(35)13-39-20-10-5-15(30)12-19(20)22-23-25(40-26-24(22)41-29(38)33-26)28(37)34(27(23)36)18-8-6-16(31)7-9-18/h2-12,22-23,25H,13H2,1H3,(H,32,35)(H,33,38). The molecule has 12 heteroatoms. The van der Waals surface area contributed by atoms with Gasteiger partial charge in [-0.1, -0.05) is 51.2 Å². The van der Waals surface area contributed by atoms with E-state index in [0.29, 0.717) is 31.4 Å². The van der Waals surface area contributed by atoms with E-state index in [1.807, 2.05) is 25.1 Å². The largest absolute Gasteiger partial charge is 0.483 e. The molecule has 0 aliphatic carbocycles. The van der Waals surface area contributed by atoms with E-state index in [-0.39, 0.29) is 23.1 Å². The van der Waals surface area contributed by atoms with Gasteiger partial charge in [0.2, 0.25) is 11.8 Å². The van der Waals surface area contributed by atoms with Gasteiger partial charge < -0.3 is 15.0 Å². The van der Waals surface area contributed by atoms with Crippen molar-refractivity contribution in [3.8, 4) is 5.75 Å². The topological polar surface area (TPSA) is 109 Å². The van der Waals surface area contributed by atoms with Crippen LogP contribution in [0.2, 0.25) is 0 Å². The van der Waals surface area contributed by atoms with Crippen molar-refractivity contribution in [1.29, 1.82) is 0 Å². The number of carbonyl (C=O) groups excluding carboxylic acids is 3. The third-order valence-corrected chi connectivity index (χ3v) is 9.77. The van der Waals surface area contributed by atoms with Crippen LogP contribution in [0.25, 0.3) is 0 Å². The van der Waals surface area contributed by atoms with Crippen molar-refractivity contribution in [1.82, 2.24) is 4.98 Å². The Morgan fingerprint density at radius 2 is 1.85 bits per heavy atom. The van der Waals surface area contributed by atoms with Crippen molar-refractivity contribution in [2.45, 2.75) is 23.1 Å². The SMILES string of the molecule is Cc1cccc(NC(=O)COc2ccc(Br)cc2C2c3sc(=O)[nH]c3SC3C(=O)N(c4ccc(F)cc4)C(=O)C32)c1. The average Bonchev–Trinajstić information content (AvgIpc) is 3.42. The number of rotatable bonds is 6. The Morgan fingerprint density at radius 3 is 2.61 bits per heavy atom. The number of anilines is 2. The van der Waals surface area contributed by atoms with Crippen LogP contribution in [-0.2, 0) is 14.4 Å². The van der Waals surface area contributed by atoms with Crippen LogP contribution in [0.3, 0.4) is 0 Å². The van der Waals surface area contributed by atoms with E-state index in [1.165, 1.54) is 24.3 Å². The first-order valence-corrected chi connectivity index (χ1v) is 15.0. The van der Waals surface area contributed by atoms with Crippen molar-refractivity contribution in [3.05, 3.63) is 103 Å². The molecule has 41 heavy (non-hydrogen) atoms. The summed E-state index contributed by atoms with van der Waals surface area (Å²) >= 11 is 5.61. The normalized spacial score (nSPS) is 19.6. The smallest absolute Gasteiger partial charge is 0.305 e. The highest BCUT2D eigenvalue weighted by Gasteiger charge is 2.56. The van der Waals surface area contributed by atoms with Crippen LogP contribution in [-0.4, -0.2) is 34.6 Å². The van der Waals surface area contributed by atoms with Crippen molar-refractivity contribution in [2.24, 2.45) is 5.92 Å². The number of hydrogen-bond donors (Lipinski definition) is 2. The Hall–Kier alpha value is -3.74. The highest BCUT2D eigenvalue weighted by atomic mass is 79.9. The van der Waals surface area contributed by atoms with Gasteiger partial charge in [0.1, 0.15) is 16.8 Å². The van der Waals surface area contributed by atoms with Gasteiger partial charge in [-0.05, 0) is 67.1 Å². The molecule has 4 aromatic rings. The summed E-state index contributed by atoms with van der Waals surface area (Å²) < 4.78 is 20.3. The van der Waals surface area contributed by atoms with E-state index in [9.17, 15) is 23.6 Å². The molecule has 0 bridgehead atoms. The second-order valence-corrected chi connectivity index (χ2v) is 12.7. The van der Waals surface area contributed by atoms with Gasteiger partial charge in [-0.3, -0.25) is 19.2 Å². The number of thiazole rings is 1. The van der Waals surface area contributed by atoms with E-state index >= 15 is 0 Å². The zero-order valence-electron chi connectivity index (χ0n) is 21.4. The summed E-state index contributed by atoms with van der Waals surface area (Å²) in [6.07, 6.45) is 0. The monoisotopic (exact) mass is 653 g/mol. The highest BCUT2D eigenvalue weighted by Crippen LogP contribution is 2.54. The minimum atomic E-state index is -0.866. The quantitative estimate of drug-likeness (QED) is 0.268. The summed E-state index contributed by atoms with van der Waals surface area (Å²) in [5, 5.41) is 2.49. The van der Waals surface area contributed by atoms with Crippen molar-refractivity contribution in [2.75, 3.05) is 16.8 Å². The molecule has 6 rings (SSSR count). The van der Waals surface area contributed by atoms with Gasteiger partial charge in [-0.25, -0.2) is 9.29 Å². The van der Waals surface area contributed by atoms with E-state index in [4.69, 9.17) is 4.74 Å². The predicted molar refractivity (Wildman–Crippen MR) is 158 cm³/mol. The molecular formula is C29H21BrFN3O5S2. The summed E-state index contributed by atoms with van der Waals surface area (Å²) in [5.74, 6) is -3.00. The Morgan fingerprint density at radius 1 is 1.07 bits per heavy atom. The van der Waals surface area contributed by atoms with Crippen molar-refractivity contribution in [3.63, 3.8) is 0 Å². The van der Waals surface area contributed by atoms with E-state index < -0.39 is 34.7 Å². The third kappa shape index (κ3) is 5.22. The number of halogens is 2. The Labute approximate surface area is 250 Å². The van der Waals surface area contributed by atoms with Crippen LogP contribution >= 0.6 is 39.0 Å². The Kier molecular flexibility index (Phi) is 7.30. The minimum Gasteiger partial charge on any atom is -0.483 e. The molecule has 0 saturated carbocycles. The lowest BCUT2D eigenvalue weighted by molar-refractivity contribution is -0.122. The van der Waals surface area contributed by atoms with Crippen LogP contribution < -0.4 is 19.8 Å². The van der Waals surface area contributed by atoms with Crippen LogP contribution in [0.15, 0.2) is 81.0 Å². The van der Waals surface area contributed by atoms with E-state index in [2.05, 4.69) is 26.2 Å². The molecule has 1 saturated heterocycles. The molecule has 3 aromatic carbocycles. The molecule has 1 fully saturated rings. The van der Waals surface area contributed by atoms with Crippen LogP contribution in [0.5, 0.6) is 5.75 Å². The maximum absolute atomic E-state index is 13.9. The molecule has 3 amide bonds. The van der Waals surface area contributed by atoms with Crippen molar-refractivity contribution >= 4 is 68.1 Å². The number of fused-ring (bicyclic) bond motifs is 2. The lowest BCUT2D eigenvalue weighted by Gasteiger charge is -2.31. The Balaban J connectivity index is 1.36. The first-order chi connectivity index (χ1) is 19.7. The van der Waals surface area contributed by atoms with Gasteiger partial charge in [0, 0.05) is 26.5 Å². The molecule has 3 heterocycles. The molecule has 2 N–H and O–H groups in total.